The topological polar surface area (TPSA) is 44.8 Å². The Morgan fingerprint density at radius 1 is 0.793 bits per heavy atom. The van der Waals surface area contributed by atoms with Crippen molar-refractivity contribution in [2.45, 2.75) is 13.8 Å². The van der Waals surface area contributed by atoms with Gasteiger partial charge in [0.25, 0.3) is 0 Å². The maximum atomic E-state index is 12.3. The number of aryl methyl sites for hydroxylation is 2. The van der Waals surface area contributed by atoms with E-state index in [0.717, 1.165) is 22.3 Å². The van der Waals surface area contributed by atoms with Crippen LogP contribution in [0.1, 0.15) is 16.7 Å². The second-order valence-corrected chi connectivity index (χ2v) is 6.71. The zero-order chi connectivity index (χ0) is 20.8. The summed E-state index contributed by atoms with van der Waals surface area (Å²) in [6, 6.07) is 19.5. The molecule has 4 heteroatoms. The summed E-state index contributed by atoms with van der Waals surface area (Å²) in [4.78, 5) is 12.3. The lowest BCUT2D eigenvalue weighted by Gasteiger charge is -2.09. The van der Waals surface area contributed by atoms with Gasteiger partial charge in [-0.2, -0.15) is 0 Å². The van der Waals surface area contributed by atoms with Gasteiger partial charge in [0.15, 0.2) is 0 Å². The molecule has 0 unspecified atom stereocenters. The van der Waals surface area contributed by atoms with Crippen LogP contribution in [0.3, 0.4) is 0 Å². The number of esters is 1. The lowest BCUT2D eigenvalue weighted by atomic mass is 10.0. The zero-order valence-corrected chi connectivity index (χ0v) is 17.1. The molecule has 4 nitrogen and oxygen atoms in total. The van der Waals surface area contributed by atoms with Gasteiger partial charge in [0.1, 0.15) is 17.2 Å². The minimum absolute atomic E-state index is 0.457. The molecular weight excluding hydrogens is 364 g/mol. The lowest BCUT2D eigenvalue weighted by Crippen LogP contribution is -2.05. The number of carbonyl (C=O) groups is 1. The molecule has 3 aromatic carbocycles. The maximum absolute atomic E-state index is 12.3. The Hall–Kier alpha value is -3.53. The molecule has 0 atom stereocenters. The molecule has 0 bridgehead atoms. The molecule has 0 spiro atoms. The molecule has 148 valence electrons. The number of benzene rings is 3. The Balaban J connectivity index is 1.74. The van der Waals surface area contributed by atoms with Gasteiger partial charge in [0.2, 0.25) is 0 Å². The summed E-state index contributed by atoms with van der Waals surface area (Å²) in [5.74, 6) is 1.41. The molecule has 0 saturated heterocycles. The standard InChI is InChI=1S/C25H24O4/c1-17-5-7-19(8-6-17)20-9-12-23(18(2)15-20)29-25(26)14-10-21-16-22(27-3)11-13-24(21)28-4/h5-16H,1-4H3/b14-10+. The van der Waals surface area contributed by atoms with Gasteiger partial charge in [-0.3, -0.25) is 0 Å². The Labute approximate surface area is 171 Å². The fourth-order valence-electron chi connectivity index (χ4n) is 2.96. The van der Waals surface area contributed by atoms with E-state index in [-0.39, 0.29) is 0 Å². The van der Waals surface area contributed by atoms with Crippen LogP contribution in [-0.2, 0) is 4.79 Å². The summed E-state index contributed by atoms with van der Waals surface area (Å²) in [5, 5.41) is 0. The predicted octanol–water partition coefficient (Wildman–Crippen LogP) is 5.61. The number of rotatable bonds is 6. The van der Waals surface area contributed by atoms with Crippen LogP contribution < -0.4 is 14.2 Å². The van der Waals surface area contributed by atoms with Gasteiger partial charge in [-0.1, -0.05) is 35.9 Å². The van der Waals surface area contributed by atoms with Gasteiger partial charge in [-0.15, -0.1) is 0 Å². The smallest absolute Gasteiger partial charge is 0.336 e. The molecule has 0 fully saturated rings. The first-order chi connectivity index (χ1) is 14.0. The van der Waals surface area contributed by atoms with Crippen LogP contribution in [0.25, 0.3) is 17.2 Å². The summed E-state index contributed by atoms with van der Waals surface area (Å²) in [5.41, 5.74) is 5.05. The zero-order valence-electron chi connectivity index (χ0n) is 17.1. The Kier molecular flexibility index (Phi) is 6.35. The molecule has 0 saturated carbocycles. The van der Waals surface area contributed by atoms with Crippen molar-refractivity contribution < 1.29 is 19.0 Å². The van der Waals surface area contributed by atoms with Crippen LogP contribution >= 0.6 is 0 Å². The van der Waals surface area contributed by atoms with Gasteiger partial charge in [0.05, 0.1) is 14.2 Å². The van der Waals surface area contributed by atoms with E-state index in [2.05, 4.69) is 31.2 Å². The summed E-state index contributed by atoms with van der Waals surface area (Å²) in [6.07, 6.45) is 3.03. The second-order valence-electron chi connectivity index (χ2n) is 6.71. The number of carbonyl (C=O) groups excluding carboxylic acids is 1. The van der Waals surface area contributed by atoms with E-state index in [9.17, 15) is 4.79 Å². The van der Waals surface area contributed by atoms with Gasteiger partial charge in [-0.05, 0) is 66.9 Å². The highest BCUT2D eigenvalue weighted by molar-refractivity contribution is 5.89. The Bertz CT molecular complexity index is 1030. The number of methoxy groups -OCH3 is 2. The van der Waals surface area contributed by atoms with Crippen LogP contribution in [0, 0.1) is 13.8 Å². The van der Waals surface area contributed by atoms with E-state index in [1.165, 1.54) is 11.6 Å². The molecule has 3 aromatic rings. The highest BCUT2D eigenvalue weighted by Gasteiger charge is 2.08. The van der Waals surface area contributed by atoms with Gasteiger partial charge < -0.3 is 14.2 Å². The molecule has 29 heavy (non-hydrogen) atoms. The first-order valence-corrected chi connectivity index (χ1v) is 9.30. The van der Waals surface area contributed by atoms with Crippen LogP contribution in [0.2, 0.25) is 0 Å². The van der Waals surface area contributed by atoms with Crippen molar-refractivity contribution in [2.75, 3.05) is 14.2 Å². The van der Waals surface area contributed by atoms with Crippen molar-refractivity contribution in [3.8, 4) is 28.4 Å². The fourth-order valence-corrected chi connectivity index (χ4v) is 2.96. The van der Waals surface area contributed by atoms with Crippen molar-refractivity contribution in [3.05, 3.63) is 83.4 Å². The van der Waals surface area contributed by atoms with E-state index in [1.807, 2.05) is 25.1 Å². The third-order valence-electron chi connectivity index (χ3n) is 4.61. The molecule has 3 rings (SSSR count). The first-order valence-electron chi connectivity index (χ1n) is 9.30. The Morgan fingerprint density at radius 2 is 1.48 bits per heavy atom. The molecule has 0 N–H and O–H groups in total. The van der Waals surface area contributed by atoms with E-state index < -0.39 is 5.97 Å². The van der Waals surface area contributed by atoms with Crippen LogP contribution in [0.5, 0.6) is 17.2 Å². The molecule has 0 aliphatic rings. The molecule has 0 heterocycles. The average Bonchev–Trinajstić information content (AvgIpc) is 2.74. The normalized spacial score (nSPS) is 10.8. The Morgan fingerprint density at radius 3 is 2.14 bits per heavy atom. The fraction of sp³-hybridized carbons (Fsp3) is 0.160. The number of ether oxygens (including phenoxy) is 3. The van der Waals surface area contributed by atoms with Crippen LogP contribution in [0.15, 0.2) is 66.7 Å². The van der Waals surface area contributed by atoms with E-state index in [0.29, 0.717) is 17.2 Å². The monoisotopic (exact) mass is 388 g/mol. The summed E-state index contributed by atoms with van der Waals surface area (Å²) in [7, 11) is 3.17. The number of hydrogen-bond donors (Lipinski definition) is 0. The van der Waals surface area contributed by atoms with Gasteiger partial charge in [-0.25, -0.2) is 4.79 Å². The minimum Gasteiger partial charge on any atom is -0.497 e. The highest BCUT2D eigenvalue weighted by atomic mass is 16.5. The van der Waals surface area contributed by atoms with Crippen molar-refractivity contribution in [1.82, 2.24) is 0 Å². The highest BCUT2D eigenvalue weighted by Crippen LogP contribution is 2.27. The van der Waals surface area contributed by atoms with E-state index >= 15 is 0 Å². The molecule has 0 aliphatic heterocycles. The summed E-state index contributed by atoms with van der Waals surface area (Å²) in [6.45, 7) is 3.99. The third kappa shape index (κ3) is 5.05. The van der Waals surface area contributed by atoms with Gasteiger partial charge in [0, 0.05) is 11.6 Å². The van der Waals surface area contributed by atoms with Crippen molar-refractivity contribution >= 4 is 12.0 Å². The minimum atomic E-state index is -0.457. The lowest BCUT2D eigenvalue weighted by molar-refractivity contribution is -0.128. The van der Waals surface area contributed by atoms with Crippen molar-refractivity contribution in [3.63, 3.8) is 0 Å². The largest absolute Gasteiger partial charge is 0.497 e. The van der Waals surface area contributed by atoms with E-state index in [4.69, 9.17) is 14.2 Å². The third-order valence-corrected chi connectivity index (χ3v) is 4.61. The molecule has 0 amide bonds. The quantitative estimate of drug-likeness (QED) is 0.313. The molecule has 0 aromatic heterocycles. The average molecular weight is 388 g/mol. The summed E-state index contributed by atoms with van der Waals surface area (Å²) >= 11 is 0. The molecule has 0 aliphatic carbocycles. The van der Waals surface area contributed by atoms with Crippen LogP contribution in [-0.4, -0.2) is 20.2 Å². The van der Waals surface area contributed by atoms with E-state index in [1.54, 1.807) is 38.5 Å². The molecule has 0 radical (unpaired) electrons. The SMILES string of the molecule is COc1ccc(OC)c(/C=C/C(=O)Oc2ccc(-c3ccc(C)cc3)cc2C)c1. The van der Waals surface area contributed by atoms with Gasteiger partial charge >= 0.3 is 5.97 Å². The predicted molar refractivity (Wildman–Crippen MR) is 116 cm³/mol. The van der Waals surface area contributed by atoms with Crippen LogP contribution in [0.4, 0.5) is 0 Å². The second kappa shape index (κ2) is 9.11. The number of hydrogen-bond acceptors (Lipinski definition) is 4. The molecular formula is C25H24O4. The maximum Gasteiger partial charge on any atom is 0.336 e. The van der Waals surface area contributed by atoms with Crippen molar-refractivity contribution in [2.24, 2.45) is 0 Å². The first kappa shape index (κ1) is 20.2. The summed E-state index contributed by atoms with van der Waals surface area (Å²) < 4.78 is 16.0. The van der Waals surface area contributed by atoms with Crippen molar-refractivity contribution in [1.29, 1.82) is 0 Å².